The molecule has 11 heteroatoms. The summed E-state index contributed by atoms with van der Waals surface area (Å²) < 4.78 is 28.6. The minimum Gasteiger partial charge on any atom is -0.465 e. The molecule has 1 aromatic heterocycles. The van der Waals surface area contributed by atoms with Gasteiger partial charge < -0.3 is 15.7 Å². The summed E-state index contributed by atoms with van der Waals surface area (Å²) in [6.07, 6.45) is -0.349. The molecule has 0 saturated carbocycles. The maximum Gasteiger partial charge on any atom is 0.404 e. The van der Waals surface area contributed by atoms with Crippen LogP contribution in [0.3, 0.4) is 0 Å². The Bertz CT molecular complexity index is 1110. The molecular formula is C22H31ClN4O5S. The molecule has 0 saturated heterocycles. The largest absolute Gasteiger partial charge is 0.465 e. The topological polar surface area (TPSA) is 130 Å². The van der Waals surface area contributed by atoms with Gasteiger partial charge in [0.25, 0.3) is 0 Å². The molecule has 2 amide bonds. The SMILES string of the molecule is CCc1nn(C[C@H](C)NC(=O)O)c(CC)c1S(=O)(=O)c1ccc(NC(=O)C(C)(C)CCl)cc1. The molecule has 3 N–H and O–H groups in total. The molecule has 0 aliphatic carbocycles. The van der Waals surface area contributed by atoms with E-state index in [1.54, 1.807) is 25.5 Å². The standard InChI is InChI=1S/C22H31ClN4O5S/c1-6-17-19(18(7-2)27(26-17)12-14(3)24-21(29)30)33(31,32)16-10-8-15(9-11-16)25-20(28)22(4,5)13-23/h8-11,14,24H,6-7,12-13H2,1-5H3,(H,25,28)(H,29,30)/t14-/m0/s1. The van der Waals surface area contributed by atoms with Crippen LogP contribution in [-0.2, 0) is 34.0 Å². The number of aromatic nitrogens is 2. The van der Waals surface area contributed by atoms with Crippen LogP contribution in [0.15, 0.2) is 34.1 Å². The number of anilines is 1. The van der Waals surface area contributed by atoms with E-state index in [1.165, 1.54) is 24.3 Å². The zero-order valence-corrected chi connectivity index (χ0v) is 21.0. The van der Waals surface area contributed by atoms with Gasteiger partial charge in [-0.05, 0) is 57.9 Å². The van der Waals surface area contributed by atoms with Crippen LogP contribution in [0, 0.1) is 5.41 Å². The molecule has 0 fully saturated rings. The number of aryl methyl sites for hydroxylation is 1. The fraction of sp³-hybridized carbons (Fsp3) is 0.500. The van der Waals surface area contributed by atoms with Crippen LogP contribution in [0.4, 0.5) is 10.5 Å². The second kappa shape index (κ2) is 10.6. The Morgan fingerprint density at radius 1 is 1.18 bits per heavy atom. The molecule has 0 aliphatic heterocycles. The van der Waals surface area contributed by atoms with Crippen molar-refractivity contribution in [3.8, 4) is 0 Å². The molecule has 0 aliphatic rings. The highest BCUT2D eigenvalue weighted by atomic mass is 35.5. The van der Waals surface area contributed by atoms with Gasteiger partial charge in [0.15, 0.2) is 0 Å². The van der Waals surface area contributed by atoms with E-state index in [4.69, 9.17) is 16.7 Å². The normalized spacial score (nSPS) is 12.9. The maximum absolute atomic E-state index is 13.5. The summed E-state index contributed by atoms with van der Waals surface area (Å²) in [4.78, 5) is 23.5. The van der Waals surface area contributed by atoms with Gasteiger partial charge in [-0.15, -0.1) is 11.6 Å². The van der Waals surface area contributed by atoms with Gasteiger partial charge in [0.1, 0.15) is 4.90 Å². The smallest absolute Gasteiger partial charge is 0.404 e. The molecular weight excluding hydrogens is 468 g/mol. The van der Waals surface area contributed by atoms with Crippen molar-refractivity contribution >= 4 is 39.1 Å². The Labute approximate surface area is 199 Å². The zero-order chi connectivity index (χ0) is 25.0. The first-order chi connectivity index (χ1) is 15.4. The van der Waals surface area contributed by atoms with E-state index in [2.05, 4.69) is 15.7 Å². The first-order valence-corrected chi connectivity index (χ1v) is 12.7. The molecule has 0 radical (unpaired) electrons. The lowest BCUT2D eigenvalue weighted by Crippen LogP contribution is -2.35. The lowest BCUT2D eigenvalue weighted by atomic mass is 9.95. The van der Waals surface area contributed by atoms with Crippen molar-refractivity contribution in [2.75, 3.05) is 11.2 Å². The van der Waals surface area contributed by atoms with Gasteiger partial charge in [0.05, 0.1) is 28.2 Å². The van der Waals surface area contributed by atoms with Crippen LogP contribution in [0.2, 0.25) is 0 Å². The third-order valence-corrected chi connectivity index (χ3v) is 7.77. The molecule has 2 rings (SSSR count). The number of nitrogens with one attached hydrogen (secondary N) is 2. The van der Waals surface area contributed by atoms with E-state index in [0.29, 0.717) is 29.9 Å². The summed E-state index contributed by atoms with van der Waals surface area (Å²) in [6, 6.07) is 5.52. The molecule has 0 bridgehead atoms. The first-order valence-electron chi connectivity index (χ1n) is 10.7. The van der Waals surface area contributed by atoms with Crippen LogP contribution >= 0.6 is 11.6 Å². The van der Waals surface area contributed by atoms with Gasteiger partial charge in [-0.1, -0.05) is 13.8 Å². The van der Waals surface area contributed by atoms with Gasteiger partial charge in [-0.25, -0.2) is 13.2 Å². The van der Waals surface area contributed by atoms with Crippen LogP contribution in [0.5, 0.6) is 0 Å². The minimum absolute atomic E-state index is 0.0813. The number of amides is 2. The average molecular weight is 499 g/mol. The van der Waals surface area contributed by atoms with Crippen LogP contribution in [-0.4, -0.2) is 47.2 Å². The van der Waals surface area contributed by atoms with Gasteiger partial charge in [-0.3, -0.25) is 9.48 Å². The Kier molecular flexibility index (Phi) is 8.53. The molecule has 0 spiro atoms. The van der Waals surface area contributed by atoms with E-state index in [-0.39, 0.29) is 28.1 Å². The summed E-state index contributed by atoms with van der Waals surface area (Å²) >= 11 is 5.84. The van der Waals surface area contributed by atoms with Gasteiger partial charge in [-0.2, -0.15) is 5.10 Å². The van der Waals surface area contributed by atoms with E-state index in [0.717, 1.165) is 0 Å². The number of hydrogen-bond donors (Lipinski definition) is 3. The number of rotatable bonds is 10. The van der Waals surface area contributed by atoms with Crippen molar-refractivity contribution in [1.29, 1.82) is 0 Å². The Hall–Kier alpha value is -2.59. The number of benzene rings is 1. The summed E-state index contributed by atoms with van der Waals surface area (Å²) in [5.74, 6) is -0.116. The molecule has 182 valence electrons. The number of hydrogen-bond acceptors (Lipinski definition) is 5. The average Bonchev–Trinajstić information content (AvgIpc) is 3.11. The number of carbonyl (C=O) groups is 2. The molecule has 0 unspecified atom stereocenters. The highest BCUT2D eigenvalue weighted by Gasteiger charge is 2.30. The molecule has 9 nitrogen and oxygen atoms in total. The molecule has 1 atom stereocenters. The van der Waals surface area contributed by atoms with E-state index < -0.39 is 27.4 Å². The highest BCUT2D eigenvalue weighted by Crippen LogP contribution is 2.30. The lowest BCUT2D eigenvalue weighted by Gasteiger charge is -2.20. The summed E-state index contributed by atoms with van der Waals surface area (Å²) in [5.41, 5.74) is 0.648. The Balaban J connectivity index is 2.41. The molecule has 1 aromatic carbocycles. The fourth-order valence-electron chi connectivity index (χ4n) is 3.28. The van der Waals surface area contributed by atoms with Crippen molar-refractivity contribution in [3.05, 3.63) is 35.7 Å². The van der Waals surface area contributed by atoms with Crippen molar-refractivity contribution < 1.29 is 23.1 Å². The van der Waals surface area contributed by atoms with E-state index >= 15 is 0 Å². The maximum atomic E-state index is 13.5. The number of nitrogens with zero attached hydrogens (tertiary/aromatic N) is 2. The van der Waals surface area contributed by atoms with E-state index in [1.807, 2.05) is 13.8 Å². The third kappa shape index (κ3) is 6.05. The minimum atomic E-state index is -3.89. The number of halogens is 1. The summed E-state index contributed by atoms with van der Waals surface area (Å²) in [6.45, 7) is 8.99. The molecule has 1 heterocycles. The third-order valence-electron chi connectivity index (χ3n) is 5.20. The predicted octanol–water partition coefficient (Wildman–Crippen LogP) is 3.70. The molecule has 33 heavy (non-hydrogen) atoms. The zero-order valence-electron chi connectivity index (χ0n) is 19.5. The Morgan fingerprint density at radius 2 is 1.79 bits per heavy atom. The summed E-state index contributed by atoms with van der Waals surface area (Å²) in [5, 5.41) is 18.5. The van der Waals surface area contributed by atoms with Crippen molar-refractivity contribution in [2.45, 2.75) is 69.8 Å². The number of sulfone groups is 1. The quantitative estimate of drug-likeness (QED) is 0.428. The van der Waals surface area contributed by atoms with Crippen LogP contribution < -0.4 is 10.6 Å². The highest BCUT2D eigenvalue weighted by molar-refractivity contribution is 7.91. The first kappa shape index (κ1) is 26.7. The van der Waals surface area contributed by atoms with Gasteiger partial charge in [0.2, 0.25) is 15.7 Å². The van der Waals surface area contributed by atoms with Gasteiger partial charge >= 0.3 is 6.09 Å². The number of alkyl halides is 1. The van der Waals surface area contributed by atoms with Crippen LogP contribution in [0.1, 0.15) is 46.0 Å². The number of carbonyl (C=O) groups excluding carboxylic acids is 1. The van der Waals surface area contributed by atoms with Crippen LogP contribution in [0.25, 0.3) is 0 Å². The summed E-state index contributed by atoms with van der Waals surface area (Å²) in [7, 11) is -3.89. The van der Waals surface area contributed by atoms with E-state index in [9.17, 15) is 18.0 Å². The lowest BCUT2D eigenvalue weighted by molar-refractivity contribution is -0.122. The number of carboxylic acid groups (broad SMARTS) is 1. The van der Waals surface area contributed by atoms with Crippen molar-refractivity contribution in [1.82, 2.24) is 15.1 Å². The molecule has 2 aromatic rings. The Morgan fingerprint density at radius 3 is 2.27 bits per heavy atom. The van der Waals surface area contributed by atoms with Gasteiger partial charge in [0, 0.05) is 17.6 Å². The monoisotopic (exact) mass is 498 g/mol. The fourth-order valence-corrected chi connectivity index (χ4v) is 5.19. The van der Waals surface area contributed by atoms with Crippen molar-refractivity contribution in [3.63, 3.8) is 0 Å². The van der Waals surface area contributed by atoms with Crippen molar-refractivity contribution in [2.24, 2.45) is 5.41 Å². The second-order valence-corrected chi connectivity index (χ2v) is 10.6. The predicted molar refractivity (Wildman–Crippen MR) is 127 cm³/mol. The second-order valence-electron chi connectivity index (χ2n) is 8.46.